The molecule has 5 aromatic rings. The minimum atomic E-state index is -1.07. The molecule has 0 aliphatic heterocycles. The fourth-order valence-corrected chi connectivity index (χ4v) is 8.55. The summed E-state index contributed by atoms with van der Waals surface area (Å²) < 4.78 is 2.23. The van der Waals surface area contributed by atoms with Crippen LogP contribution in [0.5, 0.6) is 0 Å². The van der Waals surface area contributed by atoms with Crippen LogP contribution in [0, 0.1) is 12.0 Å². The Labute approximate surface area is 307 Å². The first-order valence-electron chi connectivity index (χ1n) is 15.9. The summed E-state index contributed by atoms with van der Waals surface area (Å²) in [5.74, 6) is 0.553. The fourth-order valence-electron chi connectivity index (χ4n) is 5.98. The van der Waals surface area contributed by atoms with Gasteiger partial charge in [-0.2, -0.15) is 6.08 Å². The van der Waals surface area contributed by atoms with E-state index < -0.39 is 8.07 Å². The summed E-state index contributed by atoms with van der Waals surface area (Å²) in [7, 11) is -1.07. The predicted octanol–water partition coefficient (Wildman–Crippen LogP) is 6.04. The third kappa shape index (κ3) is 9.79. The summed E-state index contributed by atoms with van der Waals surface area (Å²) in [6.07, 6.45) is 5.81. The summed E-state index contributed by atoms with van der Waals surface area (Å²) >= 11 is 1.46. The van der Waals surface area contributed by atoms with Crippen molar-refractivity contribution in [2.24, 2.45) is 5.92 Å². The molecule has 1 unspecified atom stereocenters. The van der Waals surface area contributed by atoms with E-state index in [1.54, 1.807) is 5.20 Å². The second kappa shape index (κ2) is 16.0. The molecule has 0 amide bonds. The van der Waals surface area contributed by atoms with E-state index in [0.29, 0.717) is 5.92 Å². The number of benzene rings is 4. The molecule has 1 atom stereocenters. The van der Waals surface area contributed by atoms with Crippen molar-refractivity contribution < 1.29 is 49.0 Å². The second-order valence-corrected chi connectivity index (χ2v) is 21.1. The van der Waals surface area contributed by atoms with Crippen molar-refractivity contribution in [2.45, 2.75) is 85.9 Å². The summed E-state index contributed by atoms with van der Waals surface area (Å²) in [5, 5.41) is 9.76. The van der Waals surface area contributed by atoms with Crippen molar-refractivity contribution in [3.63, 3.8) is 0 Å². The maximum atomic E-state index is 3.43. The Morgan fingerprint density at radius 2 is 1.22 bits per heavy atom. The first-order chi connectivity index (χ1) is 20.5. The molecule has 0 spiro atoms. The predicted molar refractivity (Wildman–Crippen MR) is 197 cm³/mol. The van der Waals surface area contributed by atoms with Gasteiger partial charge in [0.15, 0.2) is 0 Å². The molecule has 6 rings (SSSR count). The van der Waals surface area contributed by atoms with Gasteiger partial charge in [0.25, 0.3) is 0 Å². The molecule has 242 valence electrons. The van der Waals surface area contributed by atoms with Gasteiger partial charge >= 0.3 is 86.7 Å². The molecule has 0 saturated carbocycles. The van der Waals surface area contributed by atoms with Gasteiger partial charge in [0, 0.05) is 0 Å². The van der Waals surface area contributed by atoms with Gasteiger partial charge in [-0.05, 0) is 18.9 Å². The van der Waals surface area contributed by atoms with Gasteiger partial charge in [-0.25, -0.2) is 10.8 Å². The molecule has 46 heavy (non-hydrogen) atoms. The van der Waals surface area contributed by atoms with Gasteiger partial charge < -0.3 is 24.8 Å². The van der Waals surface area contributed by atoms with Gasteiger partial charge in [-0.1, -0.05) is 116 Å². The fraction of sp³-hybridized carbons (Fsp3) is 0.333. The zero-order chi connectivity index (χ0) is 32.4. The molecule has 1 aliphatic carbocycles. The number of hydrogen-bond acceptors (Lipinski definition) is 0. The van der Waals surface area contributed by atoms with Crippen molar-refractivity contribution in [2.75, 3.05) is 0 Å². The zero-order valence-electron chi connectivity index (χ0n) is 29.6. The molecule has 4 heteroatoms. The molecule has 0 heterocycles. The van der Waals surface area contributed by atoms with Crippen LogP contribution in [0.15, 0.2) is 102 Å². The first-order valence-corrected chi connectivity index (χ1v) is 20.9. The Morgan fingerprint density at radius 3 is 1.63 bits per heavy atom. The molecule has 0 N–H and O–H groups in total. The van der Waals surface area contributed by atoms with E-state index in [-0.39, 0.29) is 35.6 Å². The third-order valence-corrected chi connectivity index (χ3v) is 11.4. The van der Waals surface area contributed by atoms with E-state index in [4.69, 9.17) is 0 Å². The molecule has 0 nitrogen and oxygen atoms in total. The van der Waals surface area contributed by atoms with E-state index in [0.717, 1.165) is 0 Å². The van der Waals surface area contributed by atoms with E-state index >= 15 is 0 Å². The summed E-state index contributed by atoms with van der Waals surface area (Å²) in [4.78, 5) is 0. The molecule has 0 aromatic heterocycles. The molecular weight excluding hydrogens is 695 g/mol. The first kappa shape index (κ1) is 40.2. The Morgan fingerprint density at radius 1 is 0.717 bits per heavy atom. The van der Waals surface area contributed by atoms with Gasteiger partial charge in [0.2, 0.25) is 0 Å². The van der Waals surface area contributed by atoms with Crippen LogP contribution in [-0.4, -0.2) is 11.8 Å². The van der Waals surface area contributed by atoms with Gasteiger partial charge in [-0.3, -0.25) is 6.08 Å². The SMILES string of the molecule is CC(C)(C)c1ccc2c(c1)[cH-]c1cc(C(C)(C)C)ccc12.CC1=[C-]C(C)C=C1[Si](C)(C)C.[Cl-].[Cl-].[Zr+2]=[CH]c1cccc2ccccc12. The Hall–Kier alpha value is -1.96. The molecule has 0 radical (unpaired) electrons. The average Bonchev–Trinajstić information content (AvgIpc) is 3.50. The van der Waals surface area contributed by atoms with Crippen LogP contribution >= 0.6 is 0 Å². The Balaban J connectivity index is 0.000000253. The van der Waals surface area contributed by atoms with Crippen LogP contribution in [0.2, 0.25) is 19.6 Å². The van der Waals surface area contributed by atoms with E-state index in [1.807, 2.05) is 0 Å². The number of rotatable bonds is 2. The zero-order valence-corrected chi connectivity index (χ0v) is 34.5. The molecule has 5 aromatic carbocycles. The molecule has 0 bridgehead atoms. The molecule has 0 saturated heterocycles. The number of halogens is 2. The van der Waals surface area contributed by atoms with Gasteiger partial charge in [-0.15, -0.1) is 39.7 Å². The standard InChI is InChI=1S/C21H25.C11H8.C10H17Si.2ClH.Zr/c1-20(2,3)16-7-9-18-14(12-16)11-15-13-17(21(4,5)6)8-10-19(15)18;1-9-5-4-7-10-6-2-3-8-11(9)10;1-8-6-9(2)10(7-8)11(3,4)5;;;/h7-13H,1-6H3;1-8H;7-8H,1-5H3;2*1H;/q-1;;-1;;;+2/p-2. The van der Waals surface area contributed by atoms with Gasteiger partial charge in [0.05, 0.1) is 0 Å². The van der Waals surface area contributed by atoms with Crippen LogP contribution in [0.4, 0.5) is 0 Å². The normalized spacial score (nSPS) is 14.7. The van der Waals surface area contributed by atoms with Crippen molar-refractivity contribution in [1.29, 1.82) is 0 Å². The average molecular weight is 745 g/mol. The minimum absolute atomic E-state index is 0. The van der Waals surface area contributed by atoms with Crippen LogP contribution in [0.1, 0.15) is 72.1 Å². The Kier molecular flexibility index (Phi) is 14.0. The summed E-state index contributed by atoms with van der Waals surface area (Å²) in [5.41, 5.74) is 5.97. The number of allylic oxidation sites excluding steroid dienone is 4. The van der Waals surface area contributed by atoms with Crippen LogP contribution in [-0.2, 0) is 35.1 Å². The van der Waals surface area contributed by atoms with E-state index in [9.17, 15) is 0 Å². The van der Waals surface area contributed by atoms with E-state index in [1.165, 1.54) is 78.8 Å². The second-order valence-electron chi connectivity index (χ2n) is 15.3. The van der Waals surface area contributed by atoms with Crippen molar-refractivity contribution >= 4 is 44.1 Å². The van der Waals surface area contributed by atoms with Crippen molar-refractivity contribution in [3.05, 3.63) is 125 Å². The third-order valence-electron chi connectivity index (χ3n) is 8.49. The Bertz CT molecular complexity index is 1780. The quantitative estimate of drug-likeness (QED) is 0.153. The maximum absolute atomic E-state index is 3.43. The van der Waals surface area contributed by atoms with Crippen LogP contribution < -0.4 is 24.8 Å². The number of fused-ring (bicyclic) bond motifs is 4. The summed E-state index contributed by atoms with van der Waals surface area (Å²) in [6.45, 7) is 25.2. The summed E-state index contributed by atoms with van der Waals surface area (Å²) in [6, 6.07) is 31.1. The van der Waals surface area contributed by atoms with E-state index in [2.05, 4.69) is 176 Å². The topological polar surface area (TPSA) is 0 Å². The van der Waals surface area contributed by atoms with Crippen molar-refractivity contribution in [3.8, 4) is 0 Å². The van der Waals surface area contributed by atoms with Crippen LogP contribution in [0.25, 0.3) is 32.3 Å². The monoisotopic (exact) mass is 742 g/mol. The number of hydrogen-bond donors (Lipinski definition) is 0. The molecule has 0 fully saturated rings. The molecular formula is C42H50Cl2SiZr-2. The van der Waals surface area contributed by atoms with Crippen molar-refractivity contribution in [1.82, 2.24) is 0 Å². The van der Waals surface area contributed by atoms with Gasteiger partial charge in [0.1, 0.15) is 0 Å². The molecule has 1 aliphatic rings. The van der Waals surface area contributed by atoms with Crippen LogP contribution in [0.3, 0.4) is 0 Å².